The highest BCUT2D eigenvalue weighted by atomic mass is 15.1. The van der Waals surface area contributed by atoms with Gasteiger partial charge in [-0.2, -0.15) is 5.26 Å². The van der Waals surface area contributed by atoms with Crippen LogP contribution in [0.5, 0.6) is 0 Å². The highest BCUT2D eigenvalue weighted by molar-refractivity contribution is 5.30. The van der Waals surface area contributed by atoms with E-state index in [9.17, 15) is 5.26 Å². The normalized spacial score (nSPS) is 20.8. The summed E-state index contributed by atoms with van der Waals surface area (Å²) in [7, 11) is 0. The molecule has 0 aromatic heterocycles. The second-order valence-electron chi connectivity index (χ2n) is 6.55. The molecule has 21 heavy (non-hydrogen) atoms. The summed E-state index contributed by atoms with van der Waals surface area (Å²) in [6, 6.07) is 11.9. The molecular weight excluding hydrogens is 258 g/mol. The molecule has 3 nitrogen and oxygen atoms in total. The Morgan fingerprint density at radius 3 is 2.48 bits per heavy atom. The predicted octanol–water partition coefficient (Wildman–Crippen LogP) is 3.21. The number of hydrogen-bond donors (Lipinski definition) is 1. The van der Waals surface area contributed by atoms with Crippen LogP contribution in [-0.2, 0) is 13.1 Å². The number of nitrogens with one attached hydrogen (secondary N) is 1. The molecule has 1 saturated carbocycles. The maximum atomic E-state index is 9.56. The molecule has 0 radical (unpaired) electrons. The number of benzene rings is 1. The fourth-order valence-corrected chi connectivity index (χ4v) is 3.30. The van der Waals surface area contributed by atoms with Gasteiger partial charge >= 0.3 is 0 Å². The van der Waals surface area contributed by atoms with Crippen LogP contribution in [0.3, 0.4) is 0 Å². The van der Waals surface area contributed by atoms with Crippen LogP contribution in [0.2, 0.25) is 0 Å². The van der Waals surface area contributed by atoms with Crippen LogP contribution >= 0.6 is 0 Å². The smallest absolute Gasteiger partial charge is 0.106 e. The molecule has 1 heterocycles. The van der Waals surface area contributed by atoms with Crippen molar-refractivity contribution in [2.24, 2.45) is 0 Å². The van der Waals surface area contributed by atoms with Crippen LogP contribution in [0, 0.1) is 11.3 Å². The molecule has 2 aliphatic rings. The molecule has 3 rings (SSSR count). The summed E-state index contributed by atoms with van der Waals surface area (Å²) in [6.45, 7) is 5.35. The summed E-state index contributed by atoms with van der Waals surface area (Å²) in [6.07, 6.45) is 5.44. The Hall–Kier alpha value is -1.37. The zero-order valence-corrected chi connectivity index (χ0v) is 12.9. The van der Waals surface area contributed by atoms with Gasteiger partial charge in [0.05, 0.1) is 6.07 Å². The Kier molecular flexibility index (Phi) is 4.28. The van der Waals surface area contributed by atoms with Crippen LogP contribution in [0.1, 0.15) is 50.2 Å². The molecule has 1 aromatic rings. The first kappa shape index (κ1) is 14.6. The Morgan fingerprint density at radius 1 is 1.29 bits per heavy atom. The van der Waals surface area contributed by atoms with Crippen molar-refractivity contribution in [3.63, 3.8) is 0 Å². The van der Waals surface area contributed by atoms with Gasteiger partial charge in [-0.1, -0.05) is 31.2 Å². The van der Waals surface area contributed by atoms with Crippen LogP contribution < -0.4 is 5.32 Å². The average molecular weight is 283 g/mol. The van der Waals surface area contributed by atoms with Gasteiger partial charge < -0.3 is 0 Å². The fraction of sp³-hybridized carbons (Fsp3) is 0.611. The number of nitrogens with zero attached hydrogens (tertiary/aromatic N) is 2. The Morgan fingerprint density at radius 2 is 1.95 bits per heavy atom. The molecule has 112 valence electrons. The van der Waals surface area contributed by atoms with Crippen molar-refractivity contribution in [3.8, 4) is 6.07 Å². The van der Waals surface area contributed by atoms with E-state index in [1.165, 1.54) is 24.0 Å². The third-order valence-corrected chi connectivity index (χ3v) is 4.86. The molecule has 1 atom stereocenters. The zero-order chi connectivity index (χ0) is 14.7. The number of hydrogen-bond acceptors (Lipinski definition) is 3. The van der Waals surface area contributed by atoms with Crippen LogP contribution in [0.4, 0.5) is 0 Å². The predicted molar refractivity (Wildman–Crippen MR) is 84.6 cm³/mol. The first-order chi connectivity index (χ1) is 10.2. The molecule has 0 bridgehead atoms. The fourth-order valence-electron chi connectivity index (χ4n) is 3.30. The van der Waals surface area contributed by atoms with Gasteiger partial charge in [-0.3, -0.25) is 10.2 Å². The van der Waals surface area contributed by atoms with Crippen LogP contribution in [0.25, 0.3) is 0 Å². The van der Waals surface area contributed by atoms with E-state index >= 15 is 0 Å². The molecule has 3 heteroatoms. The van der Waals surface area contributed by atoms with E-state index in [2.05, 4.69) is 47.5 Å². The third-order valence-electron chi connectivity index (χ3n) is 4.86. The van der Waals surface area contributed by atoms with Crippen molar-refractivity contribution >= 4 is 0 Å². The van der Waals surface area contributed by atoms with Gasteiger partial charge in [0.2, 0.25) is 0 Å². The monoisotopic (exact) mass is 283 g/mol. The second kappa shape index (κ2) is 6.17. The SMILES string of the molecule is CCC(C#N)(CCCN1Cc2ccccc2C1)NC1CC1. The highest BCUT2D eigenvalue weighted by Gasteiger charge is 2.34. The molecule has 1 aliphatic heterocycles. The minimum Gasteiger partial charge on any atom is -0.297 e. The van der Waals surface area contributed by atoms with E-state index in [1.54, 1.807) is 0 Å². The lowest BCUT2D eigenvalue weighted by atomic mass is 9.91. The summed E-state index contributed by atoms with van der Waals surface area (Å²) < 4.78 is 0. The summed E-state index contributed by atoms with van der Waals surface area (Å²) in [5.74, 6) is 0. The number of fused-ring (bicyclic) bond motifs is 1. The highest BCUT2D eigenvalue weighted by Crippen LogP contribution is 2.28. The van der Waals surface area contributed by atoms with E-state index < -0.39 is 0 Å². The Balaban J connectivity index is 1.48. The lowest BCUT2D eigenvalue weighted by Crippen LogP contribution is -2.45. The lowest BCUT2D eigenvalue weighted by molar-refractivity contribution is 0.258. The van der Waals surface area contributed by atoms with E-state index in [4.69, 9.17) is 0 Å². The topological polar surface area (TPSA) is 39.1 Å². The van der Waals surface area contributed by atoms with E-state index in [-0.39, 0.29) is 5.54 Å². The first-order valence-corrected chi connectivity index (χ1v) is 8.23. The third kappa shape index (κ3) is 3.45. The van der Waals surface area contributed by atoms with Gasteiger partial charge in [-0.05, 0) is 49.8 Å². The molecular formula is C18H25N3. The van der Waals surface area contributed by atoms with Gasteiger partial charge in [0.1, 0.15) is 5.54 Å². The van der Waals surface area contributed by atoms with Crippen molar-refractivity contribution in [1.29, 1.82) is 5.26 Å². The van der Waals surface area contributed by atoms with E-state index in [0.29, 0.717) is 6.04 Å². The van der Waals surface area contributed by atoms with Crippen LogP contribution in [0.15, 0.2) is 24.3 Å². The van der Waals surface area contributed by atoms with Crippen molar-refractivity contribution in [2.75, 3.05) is 6.54 Å². The number of nitriles is 1. The van der Waals surface area contributed by atoms with Crippen molar-refractivity contribution in [3.05, 3.63) is 35.4 Å². The summed E-state index contributed by atoms with van der Waals surface area (Å²) in [4.78, 5) is 2.50. The average Bonchev–Trinajstić information content (AvgIpc) is 3.22. The van der Waals surface area contributed by atoms with Crippen LogP contribution in [-0.4, -0.2) is 23.0 Å². The molecule has 1 aliphatic carbocycles. The molecule has 0 saturated heterocycles. The maximum absolute atomic E-state index is 9.56. The molecule has 1 fully saturated rings. The van der Waals surface area contributed by atoms with E-state index in [0.717, 1.165) is 38.9 Å². The molecule has 0 amide bonds. The standard InChI is InChI=1S/C18H25N3/c1-2-18(14-19,20-17-8-9-17)10-5-11-21-12-15-6-3-4-7-16(15)13-21/h3-4,6-7,17,20H,2,5,8-13H2,1H3. The van der Waals surface area contributed by atoms with Crippen molar-refractivity contribution in [1.82, 2.24) is 10.2 Å². The largest absolute Gasteiger partial charge is 0.297 e. The second-order valence-corrected chi connectivity index (χ2v) is 6.55. The summed E-state index contributed by atoms with van der Waals surface area (Å²) >= 11 is 0. The van der Waals surface area contributed by atoms with Gasteiger partial charge in [0.15, 0.2) is 0 Å². The molecule has 1 N–H and O–H groups in total. The van der Waals surface area contributed by atoms with Gasteiger partial charge in [-0.25, -0.2) is 0 Å². The van der Waals surface area contributed by atoms with E-state index in [1.807, 2.05) is 0 Å². The minimum absolute atomic E-state index is 0.298. The molecule has 1 aromatic carbocycles. The lowest BCUT2D eigenvalue weighted by Gasteiger charge is -2.27. The summed E-state index contributed by atoms with van der Waals surface area (Å²) in [5.41, 5.74) is 2.64. The zero-order valence-electron chi connectivity index (χ0n) is 12.9. The first-order valence-electron chi connectivity index (χ1n) is 8.23. The minimum atomic E-state index is -0.298. The molecule has 0 spiro atoms. The Bertz CT molecular complexity index is 505. The van der Waals surface area contributed by atoms with Gasteiger partial charge in [0, 0.05) is 19.1 Å². The van der Waals surface area contributed by atoms with Gasteiger partial charge in [-0.15, -0.1) is 0 Å². The molecule has 1 unspecified atom stereocenters. The van der Waals surface area contributed by atoms with Crippen molar-refractivity contribution < 1.29 is 0 Å². The number of rotatable bonds is 7. The van der Waals surface area contributed by atoms with Crippen molar-refractivity contribution in [2.45, 2.75) is 63.7 Å². The Labute approximate surface area is 128 Å². The summed E-state index contributed by atoms with van der Waals surface area (Å²) in [5, 5.41) is 13.1. The maximum Gasteiger partial charge on any atom is 0.106 e. The quantitative estimate of drug-likeness (QED) is 0.835. The van der Waals surface area contributed by atoms with Gasteiger partial charge in [0.25, 0.3) is 0 Å².